The lowest BCUT2D eigenvalue weighted by Gasteiger charge is -2.31. The van der Waals surface area contributed by atoms with Crippen molar-refractivity contribution in [2.75, 3.05) is 33.2 Å². The van der Waals surface area contributed by atoms with E-state index in [0.717, 1.165) is 25.9 Å². The third-order valence-corrected chi connectivity index (χ3v) is 6.29. The van der Waals surface area contributed by atoms with E-state index in [9.17, 15) is 18.0 Å². The molecule has 0 spiro atoms. The van der Waals surface area contributed by atoms with Gasteiger partial charge < -0.3 is 20.9 Å². The maximum absolute atomic E-state index is 12.9. The van der Waals surface area contributed by atoms with Gasteiger partial charge in [0.25, 0.3) is 0 Å². The molecule has 2 bridgehead atoms. The minimum atomic E-state index is -4.93. The summed E-state index contributed by atoms with van der Waals surface area (Å²) in [7, 11) is -1.74. The number of hydrogen-bond donors (Lipinski definition) is 4. The number of amidine groups is 1. The Morgan fingerprint density at radius 2 is 2.12 bits per heavy atom. The van der Waals surface area contributed by atoms with Crippen molar-refractivity contribution in [2.24, 2.45) is 18.1 Å². The van der Waals surface area contributed by atoms with Gasteiger partial charge in [0.15, 0.2) is 5.84 Å². The van der Waals surface area contributed by atoms with Gasteiger partial charge in [-0.3, -0.25) is 14.1 Å². The monoisotopic (exact) mass is 486 g/mol. The molecule has 0 radical (unpaired) electrons. The molecule has 0 saturated carbocycles. The molecule has 2 fully saturated rings. The zero-order valence-electron chi connectivity index (χ0n) is 18.1. The number of aryl methyl sites for hydroxylation is 1. The van der Waals surface area contributed by atoms with Crippen molar-refractivity contribution in [1.82, 2.24) is 35.7 Å². The fraction of sp³-hybridized carbons (Fsp3) is 0.647. The quantitative estimate of drug-likeness (QED) is 0.131. The van der Waals surface area contributed by atoms with E-state index in [-0.39, 0.29) is 12.4 Å². The molecule has 33 heavy (non-hydrogen) atoms. The number of nitrogens with one attached hydrogen (secondary N) is 3. The van der Waals surface area contributed by atoms with Gasteiger partial charge in [-0.05, 0) is 31.8 Å². The summed E-state index contributed by atoms with van der Waals surface area (Å²) in [5.74, 6) is 0.479. The van der Waals surface area contributed by atoms with Crippen LogP contribution in [0.1, 0.15) is 36.2 Å². The van der Waals surface area contributed by atoms with Crippen LogP contribution in [0.4, 0.5) is 9.59 Å². The van der Waals surface area contributed by atoms with Crippen LogP contribution in [0.3, 0.4) is 0 Å². The summed E-state index contributed by atoms with van der Waals surface area (Å²) in [6.45, 7) is 2.32. The Hall–Kier alpha value is -2.95. The number of hydroxylamine groups is 2. The molecule has 2 atom stereocenters. The second-order valence-corrected chi connectivity index (χ2v) is 8.97. The van der Waals surface area contributed by atoms with Crippen molar-refractivity contribution < 1.29 is 31.7 Å². The fourth-order valence-corrected chi connectivity index (χ4v) is 4.74. The zero-order chi connectivity index (χ0) is 23.8. The SMILES string of the molecule is CN/C(=N\OC(=O)NCC1CCNCC1)[C@@H]1c2c(cnn2C)[C@H]2CN1C(=O)N2OS(=O)(=O)O. The molecule has 0 unspecified atom stereocenters. The van der Waals surface area contributed by atoms with Gasteiger partial charge in [-0.1, -0.05) is 5.16 Å². The van der Waals surface area contributed by atoms with E-state index in [1.807, 2.05) is 0 Å². The van der Waals surface area contributed by atoms with Crippen LogP contribution in [-0.4, -0.2) is 83.9 Å². The Bertz CT molecular complexity index is 1050. The van der Waals surface area contributed by atoms with Crippen LogP contribution in [0.2, 0.25) is 0 Å². The van der Waals surface area contributed by atoms with Crippen LogP contribution >= 0.6 is 0 Å². The van der Waals surface area contributed by atoms with Crippen molar-refractivity contribution >= 4 is 28.4 Å². The Balaban J connectivity index is 1.53. The lowest BCUT2D eigenvalue weighted by atomic mass is 9.97. The molecule has 16 heteroatoms. The first-order valence-electron chi connectivity index (χ1n) is 10.4. The van der Waals surface area contributed by atoms with E-state index >= 15 is 0 Å². The first kappa shape index (κ1) is 23.2. The fourth-order valence-electron chi connectivity index (χ4n) is 4.37. The first-order valence-corrected chi connectivity index (χ1v) is 11.8. The third-order valence-electron chi connectivity index (χ3n) is 5.94. The van der Waals surface area contributed by atoms with Crippen LogP contribution in [0, 0.1) is 5.92 Å². The Morgan fingerprint density at radius 1 is 1.39 bits per heavy atom. The van der Waals surface area contributed by atoms with Crippen LogP contribution in [0.15, 0.2) is 11.4 Å². The van der Waals surface area contributed by atoms with E-state index in [0.29, 0.717) is 28.8 Å². The Morgan fingerprint density at radius 3 is 2.79 bits per heavy atom. The van der Waals surface area contributed by atoms with Crippen molar-refractivity contribution in [3.63, 3.8) is 0 Å². The maximum atomic E-state index is 12.9. The number of oxime groups is 1. The largest absolute Gasteiger partial charge is 0.433 e. The van der Waals surface area contributed by atoms with E-state index in [1.54, 1.807) is 14.1 Å². The van der Waals surface area contributed by atoms with E-state index in [2.05, 4.69) is 30.5 Å². The zero-order valence-corrected chi connectivity index (χ0v) is 18.9. The van der Waals surface area contributed by atoms with Gasteiger partial charge in [-0.15, -0.1) is 4.28 Å². The molecule has 3 amide bonds. The number of carbonyl (C=O) groups excluding carboxylic acids is 2. The van der Waals surface area contributed by atoms with Gasteiger partial charge in [-0.25, -0.2) is 9.59 Å². The number of aromatic nitrogens is 2. The predicted octanol–water partition coefficient (Wildman–Crippen LogP) is -0.753. The molecule has 4 N–H and O–H groups in total. The van der Waals surface area contributed by atoms with Gasteiger partial charge in [0.1, 0.15) is 12.1 Å². The van der Waals surface area contributed by atoms with Crippen LogP contribution in [0.25, 0.3) is 0 Å². The molecular formula is C17H26N8O7S. The smallest absolute Gasteiger partial charge is 0.372 e. The average molecular weight is 487 g/mol. The second-order valence-electron chi connectivity index (χ2n) is 7.97. The molecule has 3 aliphatic rings. The standard InChI is InChI=1S/C17H26N8O7S/c1-18-15(22-31-16(26)20-7-10-3-5-19-6-4-10)14-13-11(8-21-23(13)2)12-9-24(14)17(27)25(12)32-33(28,29)30/h8,10,12,14,19H,3-7,9H2,1-2H3,(H,18,22)(H,20,26)(H,28,29,30)/t12-,14+/m1/s1. The number of hydrogen-bond acceptors (Lipinski definition) is 9. The van der Waals surface area contributed by atoms with Crippen molar-refractivity contribution in [3.8, 4) is 0 Å². The highest BCUT2D eigenvalue weighted by Crippen LogP contribution is 2.44. The number of fused-ring (bicyclic) bond motifs is 4. The number of rotatable bonds is 6. The summed E-state index contributed by atoms with van der Waals surface area (Å²) >= 11 is 0. The van der Waals surface area contributed by atoms with E-state index in [1.165, 1.54) is 15.8 Å². The Labute approximate surface area is 189 Å². The van der Waals surface area contributed by atoms with Crippen molar-refractivity contribution in [1.29, 1.82) is 0 Å². The molecule has 1 aromatic heterocycles. The van der Waals surface area contributed by atoms with Gasteiger partial charge in [0.05, 0.1) is 18.4 Å². The normalized spacial score (nSPS) is 23.5. The molecule has 1 aromatic rings. The highest BCUT2D eigenvalue weighted by molar-refractivity contribution is 7.80. The number of urea groups is 1. The van der Waals surface area contributed by atoms with Gasteiger partial charge >= 0.3 is 22.5 Å². The minimum Gasteiger partial charge on any atom is -0.372 e. The molecular weight excluding hydrogens is 460 g/mol. The third kappa shape index (κ3) is 4.73. The number of nitrogens with zero attached hydrogens (tertiary/aromatic N) is 5. The minimum absolute atomic E-state index is 0.0420. The molecule has 2 saturated heterocycles. The highest BCUT2D eigenvalue weighted by Gasteiger charge is 2.53. The highest BCUT2D eigenvalue weighted by atomic mass is 32.3. The average Bonchev–Trinajstić information content (AvgIpc) is 3.28. The van der Waals surface area contributed by atoms with E-state index in [4.69, 9.17) is 9.39 Å². The Kier molecular flexibility index (Phi) is 6.42. The molecule has 0 aliphatic carbocycles. The predicted molar refractivity (Wildman–Crippen MR) is 112 cm³/mol. The van der Waals surface area contributed by atoms with Crippen LogP contribution in [0.5, 0.6) is 0 Å². The number of likely N-dealkylation sites (N-methyl/N-ethyl adjacent to an activating group) is 1. The van der Waals surface area contributed by atoms with Crippen LogP contribution in [-0.2, 0) is 26.6 Å². The molecule has 3 aliphatic heterocycles. The summed E-state index contributed by atoms with van der Waals surface area (Å²) < 4.78 is 37.6. The molecule has 15 nitrogen and oxygen atoms in total. The summed E-state index contributed by atoms with van der Waals surface area (Å²) in [5, 5.41) is 17.5. The lowest BCUT2D eigenvalue weighted by molar-refractivity contribution is -0.0316. The molecule has 4 heterocycles. The number of carbonyl (C=O) groups is 2. The van der Waals surface area contributed by atoms with Crippen molar-refractivity contribution in [2.45, 2.75) is 24.9 Å². The topological polar surface area (TPSA) is 180 Å². The summed E-state index contributed by atoms with van der Waals surface area (Å²) in [5.41, 5.74) is 1.03. The van der Waals surface area contributed by atoms with Gasteiger partial charge in [0, 0.05) is 26.2 Å². The van der Waals surface area contributed by atoms with Gasteiger partial charge in [-0.2, -0.15) is 18.6 Å². The first-order chi connectivity index (χ1) is 15.7. The molecule has 4 rings (SSSR count). The number of amides is 3. The maximum Gasteiger partial charge on any atom is 0.433 e. The van der Waals surface area contributed by atoms with Crippen LogP contribution < -0.4 is 16.0 Å². The summed E-state index contributed by atoms with van der Waals surface area (Å²) in [6, 6.07) is -2.49. The van der Waals surface area contributed by atoms with Gasteiger partial charge in [0.2, 0.25) is 0 Å². The molecule has 0 aromatic carbocycles. The van der Waals surface area contributed by atoms with E-state index < -0.39 is 34.6 Å². The molecule has 182 valence electrons. The second kappa shape index (κ2) is 9.12. The van der Waals surface area contributed by atoms with Crippen molar-refractivity contribution in [3.05, 3.63) is 17.5 Å². The number of piperidine rings is 1. The lowest BCUT2D eigenvalue weighted by Crippen LogP contribution is -2.44. The summed E-state index contributed by atoms with van der Waals surface area (Å²) in [6.07, 6.45) is 2.65. The summed E-state index contributed by atoms with van der Waals surface area (Å²) in [4.78, 5) is 31.4.